The zero-order chi connectivity index (χ0) is 14.2. The van der Waals surface area contributed by atoms with Gasteiger partial charge in [0.25, 0.3) is 0 Å². The number of alkyl carbamates (subject to hydrolysis) is 1. The molecule has 0 aliphatic carbocycles. The third-order valence-corrected chi connectivity index (χ3v) is 2.61. The van der Waals surface area contributed by atoms with Gasteiger partial charge in [0.05, 0.1) is 0 Å². The smallest absolute Gasteiger partial charge is 0.407 e. The number of nitrogens with one attached hydrogen (secondary N) is 2. The molecule has 2 N–H and O–H groups in total. The molecule has 4 heteroatoms. The van der Waals surface area contributed by atoms with Gasteiger partial charge >= 0.3 is 6.09 Å². The first-order chi connectivity index (χ1) is 8.26. The molecule has 0 saturated carbocycles. The Labute approximate surface area is 112 Å². The fourth-order valence-electron chi connectivity index (χ4n) is 1.52. The van der Waals surface area contributed by atoms with Crippen LogP contribution in [-0.4, -0.2) is 30.8 Å². The normalized spacial score (nSPS) is 13.5. The van der Waals surface area contributed by atoms with Crippen molar-refractivity contribution in [1.82, 2.24) is 10.6 Å². The standard InChI is InChI=1S/C14H30N2O2/c1-7-8-9-15-12(11(2)3)10-16-13(17)18-14(4,5)6/h11-12,15H,7-10H2,1-6H3,(H,16,17). The minimum absolute atomic E-state index is 0.295. The maximum atomic E-state index is 11.6. The zero-order valence-electron chi connectivity index (χ0n) is 12.8. The van der Waals surface area contributed by atoms with Gasteiger partial charge in [0.2, 0.25) is 0 Å². The molecule has 1 atom stereocenters. The van der Waals surface area contributed by atoms with Crippen molar-refractivity contribution < 1.29 is 9.53 Å². The van der Waals surface area contributed by atoms with Crippen LogP contribution in [0.1, 0.15) is 54.4 Å². The van der Waals surface area contributed by atoms with Crippen LogP contribution >= 0.6 is 0 Å². The van der Waals surface area contributed by atoms with Crippen molar-refractivity contribution in [2.24, 2.45) is 5.92 Å². The Balaban J connectivity index is 3.99. The van der Waals surface area contributed by atoms with Crippen LogP contribution in [0.2, 0.25) is 0 Å². The molecule has 0 aromatic carbocycles. The molecule has 108 valence electrons. The summed E-state index contributed by atoms with van der Waals surface area (Å²) in [5.41, 5.74) is -0.437. The van der Waals surface area contributed by atoms with Gasteiger partial charge in [-0.2, -0.15) is 0 Å². The van der Waals surface area contributed by atoms with Crippen LogP contribution in [0.5, 0.6) is 0 Å². The predicted octanol–water partition coefficient (Wildman–Crippen LogP) is 2.93. The van der Waals surface area contributed by atoms with Crippen molar-refractivity contribution in [3.8, 4) is 0 Å². The summed E-state index contributed by atoms with van der Waals surface area (Å²) in [5, 5.41) is 6.29. The van der Waals surface area contributed by atoms with Crippen LogP contribution in [0.4, 0.5) is 4.79 Å². The average Bonchev–Trinajstić information content (AvgIpc) is 2.20. The second-order valence-electron chi connectivity index (χ2n) is 6.04. The van der Waals surface area contributed by atoms with E-state index in [1.807, 2.05) is 20.8 Å². The molecular formula is C14H30N2O2. The lowest BCUT2D eigenvalue weighted by atomic mass is 10.0. The first-order valence-corrected chi connectivity index (χ1v) is 6.96. The number of carbonyl (C=O) groups is 1. The van der Waals surface area contributed by atoms with E-state index in [-0.39, 0.29) is 6.09 Å². The van der Waals surface area contributed by atoms with Gasteiger partial charge in [-0.1, -0.05) is 27.2 Å². The summed E-state index contributed by atoms with van der Waals surface area (Å²) in [7, 11) is 0. The highest BCUT2D eigenvalue weighted by molar-refractivity contribution is 5.67. The molecule has 0 bridgehead atoms. The van der Waals surface area contributed by atoms with Gasteiger partial charge in [-0.25, -0.2) is 4.79 Å². The molecule has 0 fully saturated rings. The van der Waals surface area contributed by atoms with Crippen LogP contribution in [0, 0.1) is 5.92 Å². The molecule has 0 heterocycles. The number of rotatable bonds is 7. The fraction of sp³-hybridized carbons (Fsp3) is 0.929. The number of carbonyl (C=O) groups excluding carboxylic acids is 1. The molecule has 0 spiro atoms. The Hall–Kier alpha value is -0.770. The van der Waals surface area contributed by atoms with E-state index in [4.69, 9.17) is 4.74 Å². The minimum Gasteiger partial charge on any atom is -0.444 e. The first kappa shape index (κ1) is 17.2. The van der Waals surface area contributed by atoms with E-state index in [9.17, 15) is 4.79 Å². The average molecular weight is 258 g/mol. The molecule has 0 radical (unpaired) electrons. The quantitative estimate of drug-likeness (QED) is 0.690. The van der Waals surface area contributed by atoms with Crippen molar-refractivity contribution >= 4 is 6.09 Å². The third kappa shape index (κ3) is 9.28. The lowest BCUT2D eigenvalue weighted by Crippen LogP contribution is -2.45. The van der Waals surface area contributed by atoms with Crippen LogP contribution in [-0.2, 0) is 4.74 Å². The number of unbranched alkanes of at least 4 members (excludes halogenated alkanes) is 1. The maximum absolute atomic E-state index is 11.6. The van der Waals surface area contributed by atoms with E-state index in [0.717, 1.165) is 13.0 Å². The highest BCUT2D eigenvalue weighted by Gasteiger charge is 2.18. The summed E-state index contributed by atoms with van der Waals surface area (Å²) in [6.45, 7) is 13.7. The van der Waals surface area contributed by atoms with Crippen LogP contribution < -0.4 is 10.6 Å². The van der Waals surface area contributed by atoms with Crippen LogP contribution in [0.15, 0.2) is 0 Å². The van der Waals surface area contributed by atoms with Gasteiger partial charge in [0.1, 0.15) is 5.60 Å². The van der Waals surface area contributed by atoms with Crippen molar-refractivity contribution in [3.63, 3.8) is 0 Å². The maximum Gasteiger partial charge on any atom is 0.407 e. The van der Waals surface area contributed by atoms with Crippen molar-refractivity contribution in [2.75, 3.05) is 13.1 Å². The molecule has 1 unspecified atom stereocenters. The number of ether oxygens (including phenoxy) is 1. The van der Waals surface area contributed by atoms with E-state index < -0.39 is 5.60 Å². The van der Waals surface area contributed by atoms with Gasteiger partial charge in [0.15, 0.2) is 0 Å². The highest BCUT2D eigenvalue weighted by Crippen LogP contribution is 2.07. The second kappa shape index (κ2) is 8.35. The Morgan fingerprint density at radius 1 is 1.28 bits per heavy atom. The summed E-state index contributed by atoms with van der Waals surface area (Å²) in [6.07, 6.45) is 2.00. The molecule has 4 nitrogen and oxygen atoms in total. The highest BCUT2D eigenvalue weighted by atomic mass is 16.6. The molecular weight excluding hydrogens is 228 g/mol. The van der Waals surface area contributed by atoms with Crippen molar-refractivity contribution in [2.45, 2.75) is 66.0 Å². The Morgan fingerprint density at radius 2 is 1.89 bits per heavy atom. The van der Waals surface area contributed by atoms with Gasteiger partial charge in [-0.3, -0.25) is 0 Å². The first-order valence-electron chi connectivity index (χ1n) is 6.96. The van der Waals surface area contributed by atoms with Gasteiger partial charge in [-0.15, -0.1) is 0 Å². The summed E-state index contributed by atoms with van der Waals surface area (Å²) >= 11 is 0. The van der Waals surface area contributed by atoms with Gasteiger partial charge in [-0.05, 0) is 39.7 Å². The molecule has 0 aliphatic heterocycles. The number of amides is 1. The largest absolute Gasteiger partial charge is 0.444 e. The summed E-state index contributed by atoms with van der Waals surface area (Å²) in [6, 6.07) is 0.295. The van der Waals surface area contributed by atoms with Gasteiger partial charge < -0.3 is 15.4 Å². The third-order valence-electron chi connectivity index (χ3n) is 2.61. The van der Waals surface area contributed by atoms with E-state index in [1.165, 1.54) is 6.42 Å². The zero-order valence-corrected chi connectivity index (χ0v) is 12.8. The van der Waals surface area contributed by atoms with E-state index in [0.29, 0.717) is 18.5 Å². The van der Waals surface area contributed by atoms with Crippen LogP contribution in [0.25, 0.3) is 0 Å². The Kier molecular flexibility index (Phi) is 8.00. The topological polar surface area (TPSA) is 50.4 Å². The number of hydrogen-bond donors (Lipinski definition) is 2. The lowest BCUT2D eigenvalue weighted by Gasteiger charge is -2.24. The van der Waals surface area contributed by atoms with E-state index in [1.54, 1.807) is 0 Å². The second-order valence-corrected chi connectivity index (χ2v) is 6.04. The summed E-state index contributed by atoms with van der Waals surface area (Å²) in [4.78, 5) is 11.6. The van der Waals surface area contributed by atoms with Crippen molar-refractivity contribution in [3.05, 3.63) is 0 Å². The molecule has 0 aliphatic rings. The number of hydrogen-bond acceptors (Lipinski definition) is 3. The molecule has 0 aromatic rings. The fourth-order valence-corrected chi connectivity index (χ4v) is 1.52. The minimum atomic E-state index is -0.437. The SMILES string of the molecule is CCCCNC(CNC(=O)OC(C)(C)C)C(C)C. The summed E-state index contributed by atoms with van der Waals surface area (Å²) < 4.78 is 5.22. The predicted molar refractivity (Wildman–Crippen MR) is 75.8 cm³/mol. The molecule has 18 heavy (non-hydrogen) atoms. The molecule has 0 saturated heterocycles. The Bertz CT molecular complexity index is 234. The van der Waals surface area contributed by atoms with Gasteiger partial charge in [0, 0.05) is 12.6 Å². The summed E-state index contributed by atoms with van der Waals surface area (Å²) in [5.74, 6) is 0.483. The molecule has 0 rings (SSSR count). The van der Waals surface area contributed by atoms with E-state index >= 15 is 0 Å². The van der Waals surface area contributed by atoms with Crippen molar-refractivity contribution in [1.29, 1.82) is 0 Å². The monoisotopic (exact) mass is 258 g/mol. The van der Waals surface area contributed by atoms with Crippen LogP contribution in [0.3, 0.4) is 0 Å². The lowest BCUT2D eigenvalue weighted by molar-refractivity contribution is 0.0519. The molecule has 0 aromatic heterocycles. The van der Waals surface area contributed by atoms with E-state index in [2.05, 4.69) is 31.4 Å². The Morgan fingerprint density at radius 3 is 2.33 bits per heavy atom. The molecule has 1 amide bonds.